The van der Waals surface area contributed by atoms with E-state index >= 15 is 0 Å². The van der Waals surface area contributed by atoms with Gasteiger partial charge in [0.1, 0.15) is 6.34 Å². The number of nitrogens with zero attached hydrogens (tertiary/aromatic N) is 2. The van der Waals surface area contributed by atoms with E-state index in [1.165, 1.54) is 25.6 Å². The summed E-state index contributed by atoms with van der Waals surface area (Å²) in [5, 5.41) is 8.49. The summed E-state index contributed by atoms with van der Waals surface area (Å²) in [6, 6.07) is 0. The quantitative estimate of drug-likeness (QED) is 0.353. The van der Waals surface area contributed by atoms with Crippen molar-refractivity contribution in [1.29, 1.82) is 0 Å². The highest BCUT2D eigenvalue weighted by atomic mass is 15.1. The Labute approximate surface area is 50.0 Å². The zero-order valence-electron chi connectivity index (χ0n) is 5.01. The van der Waals surface area contributed by atoms with Gasteiger partial charge in [-0.1, -0.05) is 0 Å². The van der Waals surface area contributed by atoms with Gasteiger partial charge in [0.2, 0.25) is 0 Å². The third-order valence-electron chi connectivity index (χ3n) is 1.55. The van der Waals surface area contributed by atoms with E-state index in [1.807, 2.05) is 4.90 Å². The lowest BCUT2D eigenvalue weighted by Crippen LogP contribution is -2.28. The van der Waals surface area contributed by atoms with Crippen LogP contribution in [0.15, 0.2) is 0 Å². The lowest BCUT2D eigenvalue weighted by Gasteiger charge is -2.22. The largest absolute Gasteiger partial charge is 0.361 e. The van der Waals surface area contributed by atoms with Gasteiger partial charge in [0.05, 0.1) is 0 Å². The molecule has 2 heteroatoms. The summed E-state index contributed by atoms with van der Waals surface area (Å²) in [4.78, 5) is 1.95. The lowest BCUT2D eigenvalue weighted by molar-refractivity contribution is 0.351. The first kappa shape index (κ1) is 5.60. The highest BCUT2D eigenvalue weighted by Gasteiger charge is 2.04. The SMILES string of the molecule is [N]=CN1CCCCC1. The van der Waals surface area contributed by atoms with Crippen molar-refractivity contribution in [2.24, 2.45) is 0 Å². The molecule has 1 radical (unpaired) electrons. The van der Waals surface area contributed by atoms with Gasteiger partial charge in [0, 0.05) is 13.1 Å². The van der Waals surface area contributed by atoms with Gasteiger partial charge in [0.25, 0.3) is 0 Å². The predicted octanol–water partition coefficient (Wildman–Crippen LogP) is 0.301. The summed E-state index contributed by atoms with van der Waals surface area (Å²) in [5.41, 5.74) is 0. The molecular weight excluding hydrogens is 100 g/mol. The van der Waals surface area contributed by atoms with Gasteiger partial charge in [-0.05, 0) is 19.3 Å². The minimum atomic E-state index is 1.04. The maximum atomic E-state index is 8.49. The van der Waals surface area contributed by atoms with Crippen molar-refractivity contribution in [3.05, 3.63) is 0 Å². The molecule has 0 N–H and O–H groups in total. The number of likely N-dealkylation sites (tertiary alicyclic amines) is 1. The van der Waals surface area contributed by atoms with Crippen LogP contribution in [0, 0.1) is 0 Å². The van der Waals surface area contributed by atoms with E-state index in [1.54, 1.807) is 0 Å². The van der Waals surface area contributed by atoms with Crippen molar-refractivity contribution in [3.8, 4) is 0 Å². The van der Waals surface area contributed by atoms with Crippen molar-refractivity contribution >= 4 is 6.34 Å². The van der Waals surface area contributed by atoms with Gasteiger partial charge in [-0.3, -0.25) is 0 Å². The monoisotopic (exact) mass is 111 g/mol. The first-order valence-electron chi connectivity index (χ1n) is 3.15. The predicted molar refractivity (Wildman–Crippen MR) is 33.6 cm³/mol. The van der Waals surface area contributed by atoms with E-state index in [0.717, 1.165) is 13.1 Å². The molecule has 0 aromatic heterocycles. The van der Waals surface area contributed by atoms with Crippen LogP contribution in [0.3, 0.4) is 0 Å². The Morgan fingerprint density at radius 2 is 1.75 bits per heavy atom. The van der Waals surface area contributed by atoms with Crippen LogP contribution < -0.4 is 5.41 Å². The van der Waals surface area contributed by atoms with Gasteiger partial charge in [0.15, 0.2) is 0 Å². The van der Waals surface area contributed by atoms with Gasteiger partial charge in [-0.15, -0.1) is 5.41 Å². The summed E-state index contributed by atoms with van der Waals surface area (Å²) in [6.45, 7) is 2.08. The summed E-state index contributed by atoms with van der Waals surface area (Å²) in [5.74, 6) is 0. The van der Waals surface area contributed by atoms with Crippen LogP contribution in [0.25, 0.3) is 0 Å². The molecule has 1 rings (SSSR count). The topological polar surface area (TPSA) is 25.5 Å². The fraction of sp³-hybridized carbons (Fsp3) is 0.833. The zero-order chi connectivity index (χ0) is 5.82. The Morgan fingerprint density at radius 3 is 2.12 bits per heavy atom. The molecule has 1 fully saturated rings. The Bertz CT molecular complexity index is 74.6. The van der Waals surface area contributed by atoms with Crippen LogP contribution in [0.1, 0.15) is 19.3 Å². The van der Waals surface area contributed by atoms with Gasteiger partial charge < -0.3 is 4.90 Å². The maximum Gasteiger partial charge on any atom is 0.114 e. The summed E-state index contributed by atoms with van der Waals surface area (Å²) in [7, 11) is 0. The van der Waals surface area contributed by atoms with Crippen molar-refractivity contribution in [2.75, 3.05) is 13.1 Å². The number of piperidine rings is 1. The van der Waals surface area contributed by atoms with Crippen LogP contribution in [0.2, 0.25) is 0 Å². The third-order valence-corrected chi connectivity index (χ3v) is 1.55. The first-order chi connectivity index (χ1) is 3.93. The molecule has 0 unspecified atom stereocenters. The molecule has 2 nitrogen and oxygen atoms in total. The molecule has 0 aliphatic carbocycles. The van der Waals surface area contributed by atoms with Gasteiger partial charge >= 0.3 is 0 Å². The fourth-order valence-corrected chi connectivity index (χ4v) is 1.03. The third kappa shape index (κ3) is 1.22. The summed E-state index contributed by atoms with van der Waals surface area (Å²) in [6.07, 6.45) is 4.98. The second kappa shape index (κ2) is 2.70. The van der Waals surface area contributed by atoms with E-state index in [4.69, 9.17) is 5.41 Å². The Morgan fingerprint density at radius 1 is 1.12 bits per heavy atom. The molecule has 1 heterocycles. The summed E-state index contributed by atoms with van der Waals surface area (Å²) < 4.78 is 0. The fourth-order valence-electron chi connectivity index (χ4n) is 1.03. The molecule has 8 heavy (non-hydrogen) atoms. The molecule has 0 saturated carbocycles. The molecule has 0 bridgehead atoms. The standard InChI is InChI=1S/C6H11N2/c7-6-8-4-2-1-3-5-8/h6H,1-5H2. The number of hydrogen-bond donors (Lipinski definition) is 0. The van der Waals surface area contributed by atoms with Crippen molar-refractivity contribution in [2.45, 2.75) is 19.3 Å². The molecule has 0 aromatic rings. The second-order valence-electron chi connectivity index (χ2n) is 2.21. The van der Waals surface area contributed by atoms with Crippen LogP contribution in [0.5, 0.6) is 0 Å². The van der Waals surface area contributed by atoms with Gasteiger partial charge in [-0.2, -0.15) is 0 Å². The molecule has 1 aliphatic rings. The van der Waals surface area contributed by atoms with Crippen molar-refractivity contribution < 1.29 is 0 Å². The maximum absolute atomic E-state index is 8.49. The Balaban J connectivity index is 2.22. The lowest BCUT2D eigenvalue weighted by atomic mass is 10.1. The number of hydrogen-bond acceptors (Lipinski definition) is 0. The Hall–Kier alpha value is -0.530. The molecule has 0 aromatic carbocycles. The zero-order valence-corrected chi connectivity index (χ0v) is 5.01. The van der Waals surface area contributed by atoms with Crippen molar-refractivity contribution in [3.63, 3.8) is 0 Å². The summed E-state index contributed by atoms with van der Waals surface area (Å²) >= 11 is 0. The normalized spacial score (nSPS) is 20.8. The second-order valence-corrected chi connectivity index (χ2v) is 2.21. The van der Waals surface area contributed by atoms with Crippen LogP contribution >= 0.6 is 0 Å². The van der Waals surface area contributed by atoms with E-state index < -0.39 is 0 Å². The van der Waals surface area contributed by atoms with E-state index in [0.29, 0.717) is 0 Å². The van der Waals surface area contributed by atoms with Crippen LogP contribution in [0.4, 0.5) is 0 Å². The van der Waals surface area contributed by atoms with E-state index in [2.05, 4.69) is 0 Å². The van der Waals surface area contributed by atoms with Gasteiger partial charge in [-0.25, -0.2) is 0 Å². The number of rotatable bonds is 1. The first-order valence-corrected chi connectivity index (χ1v) is 3.15. The minimum Gasteiger partial charge on any atom is -0.361 e. The molecule has 1 saturated heterocycles. The van der Waals surface area contributed by atoms with Crippen LogP contribution in [-0.4, -0.2) is 24.3 Å². The molecule has 0 atom stereocenters. The minimum absolute atomic E-state index is 1.04. The van der Waals surface area contributed by atoms with E-state index in [-0.39, 0.29) is 0 Å². The molecule has 45 valence electrons. The average molecular weight is 111 g/mol. The Kier molecular flexibility index (Phi) is 1.89. The molecular formula is C6H11N2. The molecule has 0 spiro atoms. The molecule has 0 amide bonds. The van der Waals surface area contributed by atoms with Crippen LogP contribution in [-0.2, 0) is 0 Å². The average Bonchev–Trinajstić information content (AvgIpc) is 1.90. The van der Waals surface area contributed by atoms with E-state index in [9.17, 15) is 0 Å². The smallest absolute Gasteiger partial charge is 0.114 e. The van der Waals surface area contributed by atoms with Crippen molar-refractivity contribution in [1.82, 2.24) is 10.3 Å². The highest BCUT2D eigenvalue weighted by Crippen LogP contribution is 2.05. The molecule has 1 aliphatic heterocycles. The highest BCUT2D eigenvalue weighted by molar-refractivity contribution is 5.51.